The van der Waals surface area contributed by atoms with Gasteiger partial charge in [0.15, 0.2) is 0 Å². The van der Waals surface area contributed by atoms with Crippen LogP contribution in [0.4, 0.5) is 5.69 Å². The predicted molar refractivity (Wildman–Crippen MR) is 161 cm³/mol. The van der Waals surface area contributed by atoms with Crippen LogP contribution in [0.15, 0.2) is 48.5 Å². The number of likely N-dealkylation sites (N-methyl/N-ethyl adjacent to an activating group) is 1. The molecule has 40 heavy (non-hydrogen) atoms. The van der Waals surface area contributed by atoms with Crippen molar-refractivity contribution in [2.24, 2.45) is 5.92 Å². The molecule has 0 spiro atoms. The van der Waals surface area contributed by atoms with Crippen LogP contribution in [-0.2, 0) is 11.2 Å². The molecule has 11 heteroatoms. The van der Waals surface area contributed by atoms with E-state index in [-0.39, 0.29) is 46.8 Å². The molecule has 216 valence electrons. The summed E-state index contributed by atoms with van der Waals surface area (Å²) in [5.41, 5.74) is 1.16. The smallest absolute Gasteiger partial charge is 0.269 e. The summed E-state index contributed by atoms with van der Waals surface area (Å²) in [5.74, 6) is 2.49. The van der Waals surface area contributed by atoms with Crippen molar-refractivity contribution in [1.82, 2.24) is 15.5 Å². The fraction of sp³-hybridized carbons (Fsp3) is 0.517. The van der Waals surface area contributed by atoms with E-state index in [9.17, 15) is 24.8 Å². The van der Waals surface area contributed by atoms with Crippen molar-refractivity contribution in [3.05, 3.63) is 69.8 Å². The van der Waals surface area contributed by atoms with Crippen LogP contribution in [0.25, 0.3) is 0 Å². The summed E-state index contributed by atoms with van der Waals surface area (Å²) < 4.78 is 0. The zero-order valence-corrected chi connectivity index (χ0v) is 24.4. The number of para-hydroxylation sites is 1. The summed E-state index contributed by atoms with van der Waals surface area (Å²) >= 11 is 3.52. The standard InChI is InChI=1S/C29H38N4O5S2/c1-32-19-39-18-25(32)29(36)31-24(16-30-28(35)23-9-5-6-10-26(23)34)27(40-17-21-7-3-2-4-8-21)15-20-11-13-22(14-12-20)33(37)38/h5-6,9-14,21,24-25,27,34H,2-4,7-8,15-19H2,1H3,(H,30,35)(H,31,36)/t24?,25-,27?/m0/s1. The Labute approximate surface area is 244 Å². The molecule has 0 bridgehead atoms. The van der Waals surface area contributed by atoms with E-state index in [1.807, 2.05) is 23.7 Å². The summed E-state index contributed by atoms with van der Waals surface area (Å²) in [7, 11) is 1.94. The third-order valence-electron chi connectivity index (χ3n) is 7.67. The summed E-state index contributed by atoms with van der Waals surface area (Å²) in [4.78, 5) is 39.2. The number of hydrogen-bond donors (Lipinski definition) is 3. The van der Waals surface area contributed by atoms with Gasteiger partial charge in [-0.15, -0.1) is 11.8 Å². The Hall–Kier alpha value is -2.76. The van der Waals surface area contributed by atoms with E-state index in [2.05, 4.69) is 10.6 Å². The number of hydrogen-bond acceptors (Lipinski definition) is 8. The van der Waals surface area contributed by atoms with Crippen molar-refractivity contribution in [3.63, 3.8) is 0 Å². The van der Waals surface area contributed by atoms with Gasteiger partial charge < -0.3 is 15.7 Å². The van der Waals surface area contributed by atoms with Crippen LogP contribution in [-0.4, -0.2) is 75.1 Å². The predicted octanol–water partition coefficient (Wildman–Crippen LogP) is 4.44. The molecule has 2 fully saturated rings. The zero-order valence-electron chi connectivity index (χ0n) is 22.8. The summed E-state index contributed by atoms with van der Waals surface area (Å²) in [6, 6.07) is 12.3. The molecule has 1 saturated heterocycles. The molecule has 2 amide bonds. The van der Waals surface area contributed by atoms with E-state index in [0.29, 0.717) is 18.1 Å². The Bertz CT molecular complexity index is 1160. The van der Waals surface area contributed by atoms with Crippen molar-refractivity contribution >= 4 is 41.0 Å². The number of phenols is 1. The van der Waals surface area contributed by atoms with Crippen LogP contribution in [0.3, 0.4) is 0 Å². The highest BCUT2D eigenvalue weighted by atomic mass is 32.2. The van der Waals surface area contributed by atoms with Crippen LogP contribution in [0.1, 0.15) is 48.0 Å². The Balaban J connectivity index is 1.55. The molecule has 2 aromatic rings. The molecule has 1 aliphatic heterocycles. The SMILES string of the molecule is CN1CSC[C@H]1C(=O)NC(CNC(=O)c1ccccc1O)C(Cc1ccc([N+](=O)[O-])cc1)SCC1CCCCC1. The number of phenolic OH excluding ortho intramolecular Hbond substituents is 1. The average molecular weight is 587 g/mol. The maximum Gasteiger partial charge on any atom is 0.269 e. The zero-order chi connectivity index (χ0) is 28.5. The van der Waals surface area contributed by atoms with Crippen LogP contribution in [0.5, 0.6) is 5.75 Å². The third kappa shape index (κ3) is 8.37. The third-order valence-corrected chi connectivity index (χ3v) is 10.4. The number of amides is 2. The van der Waals surface area contributed by atoms with Gasteiger partial charge in [-0.05, 0) is 55.7 Å². The minimum absolute atomic E-state index is 0.0386. The molecule has 1 aliphatic carbocycles. The van der Waals surface area contributed by atoms with Gasteiger partial charge in [0.05, 0.1) is 22.6 Å². The minimum Gasteiger partial charge on any atom is -0.507 e. The minimum atomic E-state index is -0.410. The molecule has 3 atom stereocenters. The van der Waals surface area contributed by atoms with E-state index >= 15 is 0 Å². The van der Waals surface area contributed by atoms with Crippen molar-refractivity contribution < 1.29 is 19.6 Å². The van der Waals surface area contributed by atoms with E-state index in [1.165, 1.54) is 50.3 Å². The van der Waals surface area contributed by atoms with Gasteiger partial charge >= 0.3 is 0 Å². The van der Waals surface area contributed by atoms with Crippen LogP contribution in [0, 0.1) is 16.0 Å². The van der Waals surface area contributed by atoms with Crippen LogP contribution in [0.2, 0.25) is 0 Å². The lowest BCUT2D eigenvalue weighted by molar-refractivity contribution is -0.384. The van der Waals surface area contributed by atoms with Gasteiger partial charge in [-0.25, -0.2) is 0 Å². The fourth-order valence-electron chi connectivity index (χ4n) is 5.24. The second-order valence-corrected chi connectivity index (χ2v) is 12.9. The second kappa shape index (κ2) is 14.7. The molecule has 1 heterocycles. The molecule has 0 aromatic heterocycles. The Kier molecular flexibility index (Phi) is 11.1. The first-order valence-electron chi connectivity index (χ1n) is 13.8. The molecule has 4 rings (SSSR count). The number of aromatic hydroxyl groups is 1. The molecule has 9 nitrogen and oxygen atoms in total. The number of benzene rings is 2. The highest BCUT2D eigenvalue weighted by molar-refractivity contribution is 8.00. The Morgan fingerprint density at radius 2 is 1.88 bits per heavy atom. The topological polar surface area (TPSA) is 125 Å². The van der Waals surface area contributed by atoms with Gasteiger partial charge in [0.2, 0.25) is 5.91 Å². The number of non-ortho nitro benzene ring substituents is 1. The molecular formula is C29H38N4O5S2. The van der Waals surface area contributed by atoms with E-state index in [1.54, 1.807) is 42.1 Å². The highest BCUT2D eigenvalue weighted by Crippen LogP contribution is 2.31. The molecule has 2 unspecified atom stereocenters. The number of nitro groups is 1. The average Bonchev–Trinajstić information content (AvgIpc) is 3.40. The van der Waals surface area contributed by atoms with Crippen molar-refractivity contribution in [1.29, 1.82) is 0 Å². The van der Waals surface area contributed by atoms with E-state index < -0.39 is 10.8 Å². The first-order valence-corrected chi connectivity index (χ1v) is 16.0. The second-order valence-electron chi connectivity index (χ2n) is 10.6. The first kappa shape index (κ1) is 30.2. The van der Waals surface area contributed by atoms with Crippen LogP contribution >= 0.6 is 23.5 Å². The number of thioether (sulfide) groups is 2. The highest BCUT2D eigenvalue weighted by Gasteiger charge is 2.33. The normalized spacial score (nSPS) is 19.6. The lowest BCUT2D eigenvalue weighted by Crippen LogP contribution is -2.54. The molecule has 0 radical (unpaired) electrons. The van der Waals surface area contributed by atoms with Gasteiger partial charge in [-0.1, -0.05) is 43.5 Å². The summed E-state index contributed by atoms with van der Waals surface area (Å²) in [6.45, 7) is 0.192. The van der Waals surface area contributed by atoms with Gasteiger partial charge in [0, 0.05) is 35.6 Å². The summed E-state index contributed by atoms with van der Waals surface area (Å²) in [5, 5.41) is 27.5. The number of carbonyl (C=O) groups is 2. The van der Waals surface area contributed by atoms with Gasteiger partial charge in [-0.3, -0.25) is 24.6 Å². The molecule has 3 N–H and O–H groups in total. The summed E-state index contributed by atoms with van der Waals surface area (Å²) in [6.07, 6.45) is 6.73. The van der Waals surface area contributed by atoms with Crippen molar-refractivity contribution in [3.8, 4) is 5.75 Å². The van der Waals surface area contributed by atoms with Crippen molar-refractivity contribution in [2.75, 3.05) is 31.0 Å². The Morgan fingerprint density at radius 3 is 2.52 bits per heavy atom. The fourth-order valence-corrected chi connectivity index (χ4v) is 8.00. The van der Waals surface area contributed by atoms with E-state index in [4.69, 9.17) is 0 Å². The van der Waals surface area contributed by atoms with Gasteiger partial charge in [0.25, 0.3) is 11.6 Å². The maximum atomic E-state index is 13.4. The molecule has 2 aromatic carbocycles. The van der Waals surface area contributed by atoms with Gasteiger partial charge in [0.1, 0.15) is 5.75 Å². The number of nitro benzene ring substituents is 1. The number of rotatable bonds is 12. The van der Waals surface area contributed by atoms with Crippen LogP contribution < -0.4 is 10.6 Å². The first-order chi connectivity index (χ1) is 19.3. The van der Waals surface area contributed by atoms with Gasteiger partial charge in [-0.2, -0.15) is 11.8 Å². The lowest BCUT2D eigenvalue weighted by Gasteiger charge is -2.32. The molecular weight excluding hydrogens is 548 g/mol. The number of nitrogens with one attached hydrogen (secondary N) is 2. The number of nitrogens with zero attached hydrogens (tertiary/aromatic N) is 2. The van der Waals surface area contributed by atoms with Crippen molar-refractivity contribution in [2.45, 2.75) is 55.9 Å². The lowest BCUT2D eigenvalue weighted by atomic mass is 9.91. The monoisotopic (exact) mass is 586 g/mol. The van der Waals surface area contributed by atoms with E-state index in [0.717, 1.165) is 17.2 Å². The number of carbonyl (C=O) groups excluding carboxylic acids is 2. The largest absolute Gasteiger partial charge is 0.507 e. The maximum absolute atomic E-state index is 13.4. The Morgan fingerprint density at radius 1 is 1.15 bits per heavy atom. The molecule has 2 aliphatic rings. The molecule has 1 saturated carbocycles. The quantitative estimate of drug-likeness (QED) is 0.246.